The number of rotatable bonds is 3. The lowest BCUT2D eigenvalue weighted by Gasteiger charge is -2.14. The van der Waals surface area contributed by atoms with Gasteiger partial charge in [0.1, 0.15) is 22.3 Å². The second kappa shape index (κ2) is 10.3. The van der Waals surface area contributed by atoms with Gasteiger partial charge in [-0.25, -0.2) is 15.0 Å². The van der Waals surface area contributed by atoms with E-state index in [9.17, 15) is 0 Å². The molecule has 0 saturated heterocycles. The highest BCUT2D eigenvalue weighted by atomic mass is 16.3. The van der Waals surface area contributed by atoms with Crippen LogP contribution in [0, 0.1) is 0 Å². The summed E-state index contributed by atoms with van der Waals surface area (Å²) < 4.78 is 12.9. The van der Waals surface area contributed by atoms with Crippen LogP contribution < -0.4 is 0 Å². The zero-order valence-electron chi connectivity index (χ0n) is 26.6. The quantitative estimate of drug-likeness (QED) is 0.180. The highest BCUT2D eigenvalue weighted by molar-refractivity contribution is 6.31. The summed E-state index contributed by atoms with van der Waals surface area (Å²) in [5, 5.41) is 11.1. The average Bonchev–Trinajstić information content (AvgIpc) is 3.76. The first-order chi connectivity index (χ1) is 24.8. The zero-order valence-corrected chi connectivity index (χ0v) is 26.6. The van der Waals surface area contributed by atoms with Gasteiger partial charge in [-0.3, -0.25) is 0 Å². The Morgan fingerprint density at radius 2 is 0.920 bits per heavy atom. The van der Waals surface area contributed by atoms with Crippen LogP contribution in [-0.2, 0) is 0 Å². The third kappa shape index (κ3) is 3.92. The van der Waals surface area contributed by atoms with E-state index < -0.39 is 0 Å². The highest BCUT2D eigenvalue weighted by Gasteiger charge is 2.22. The molecule has 0 unspecified atom stereocenters. The van der Waals surface area contributed by atoms with Gasteiger partial charge >= 0.3 is 0 Å². The Balaban J connectivity index is 1.28. The van der Waals surface area contributed by atoms with Gasteiger partial charge in [-0.05, 0) is 51.2 Å². The van der Waals surface area contributed by atoms with E-state index in [0.717, 1.165) is 76.7 Å². The Morgan fingerprint density at radius 3 is 1.74 bits per heavy atom. The lowest BCUT2D eigenvalue weighted by molar-refractivity contribution is 0.669. The molecule has 11 rings (SSSR count). The maximum Gasteiger partial charge on any atom is 0.164 e. The van der Waals surface area contributed by atoms with Gasteiger partial charge in [-0.15, -0.1) is 0 Å². The minimum Gasteiger partial charge on any atom is -0.456 e. The molecule has 0 radical (unpaired) electrons. The van der Waals surface area contributed by atoms with Crippen molar-refractivity contribution < 1.29 is 8.83 Å². The van der Waals surface area contributed by atoms with Crippen molar-refractivity contribution in [3.05, 3.63) is 152 Å². The number of nitrogens with zero attached hydrogens (tertiary/aromatic N) is 3. The van der Waals surface area contributed by atoms with E-state index in [1.165, 1.54) is 16.2 Å². The van der Waals surface area contributed by atoms with Crippen LogP contribution in [-0.4, -0.2) is 15.0 Å². The molecule has 50 heavy (non-hydrogen) atoms. The monoisotopic (exact) mass is 639 g/mol. The van der Waals surface area contributed by atoms with Gasteiger partial charge in [-0.2, -0.15) is 0 Å². The zero-order chi connectivity index (χ0) is 32.8. The lowest BCUT2D eigenvalue weighted by atomic mass is 9.92. The predicted molar refractivity (Wildman–Crippen MR) is 203 cm³/mol. The molecule has 5 heteroatoms. The highest BCUT2D eigenvalue weighted by Crippen LogP contribution is 2.44. The van der Waals surface area contributed by atoms with Crippen LogP contribution in [0.5, 0.6) is 0 Å². The van der Waals surface area contributed by atoms with Crippen LogP contribution in [0.1, 0.15) is 0 Å². The van der Waals surface area contributed by atoms with Crippen LogP contribution in [0.15, 0.2) is 160 Å². The molecule has 8 aromatic carbocycles. The molecule has 0 aliphatic carbocycles. The van der Waals surface area contributed by atoms with E-state index in [0.29, 0.717) is 17.5 Å². The Hall–Kier alpha value is -6.85. The molecule has 3 aromatic heterocycles. The number of aromatic nitrogens is 3. The molecule has 0 bridgehead atoms. The van der Waals surface area contributed by atoms with Crippen molar-refractivity contribution in [2.75, 3.05) is 0 Å². The molecular formula is C45H25N3O2. The summed E-state index contributed by atoms with van der Waals surface area (Å²) >= 11 is 0. The van der Waals surface area contributed by atoms with E-state index in [2.05, 4.69) is 78.9 Å². The van der Waals surface area contributed by atoms with Crippen molar-refractivity contribution in [1.82, 2.24) is 15.0 Å². The smallest absolute Gasteiger partial charge is 0.164 e. The summed E-state index contributed by atoms with van der Waals surface area (Å²) in [5.41, 5.74) is 5.94. The van der Waals surface area contributed by atoms with Gasteiger partial charge in [0.15, 0.2) is 17.5 Å². The normalized spacial score (nSPS) is 12.0. The van der Waals surface area contributed by atoms with Gasteiger partial charge in [-0.1, -0.05) is 127 Å². The van der Waals surface area contributed by atoms with E-state index in [1.54, 1.807) is 0 Å². The number of benzene rings is 8. The van der Waals surface area contributed by atoms with Crippen LogP contribution in [0.3, 0.4) is 0 Å². The van der Waals surface area contributed by atoms with E-state index in [1.807, 2.05) is 72.8 Å². The van der Waals surface area contributed by atoms with Gasteiger partial charge < -0.3 is 8.83 Å². The van der Waals surface area contributed by atoms with Gasteiger partial charge in [0.2, 0.25) is 0 Å². The topological polar surface area (TPSA) is 65.0 Å². The van der Waals surface area contributed by atoms with Gasteiger partial charge in [0.05, 0.1) is 0 Å². The minimum absolute atomic E-state index is 0.575. The first-order valence-electron chi connectivity index (χ1n) is 16.7. The maximum absolute atomic E-state index is 6.60. The van der Waals surface area contributed by atoms with Crippen molar-refractivity contribution >= 4 is 76.2 Å². The summed E-state index contributed by atoms with van der Waals surface area (Å²) in [6.45, 7) is 0. The molecule has 0 fully saturated rings. The average molecular weight is 640 g/mol. The van der Waals surface area contributed by atoms with Crippen molar-refractivity contribution in [3.8, 4) is 34.2 Å². The van der Waals surface area contributed by atoms with Crippen molar-refractivity contribution in [1.29, 1.82) is 0 Å². The molecule has 5 nitrogen and oxygen atoms in total. The molecule has 11 aromatic rings. The molecule has 232 valence electrons. The molecule has 0 aliphatic rings. The fourth-order valence-electron chi connectivity index (χ4n) is 7.69. The molecule has 0 saturated carbocycles. The molecule has 0 amide bonds. The number of hydrogen-bond donors (Lipinski definition) is 0. The molecule has 0 spiro atoms. The third-order valence-electron chi connectivity index (χ3n) is 9.92. The summed E-state index contributed by atoms with van der Waals surface area (Å²) in [6, 6.07) is 52.1. The van der Waals surface area contributed by atoms with E-state index in [4.69, 9.17) is 23.8 Å². The van der Waals surface area contributed by atoms with Crippen molar-refractivity contribution in [3.63, 3.8) is 0 Å². The Morgan fingerprint density at radius 1 is 0.320 bits per heavy atom. The molecule has 3 heterocycles. The number of para-hydroxylation sites is 2. The van der Waals surface area contributed by atoms with Crippen LogP contribution in [0.25, 0.3) is 110 Å². The first kappa shape index (κ1) is 27.1. The largest absolute Gasteiger partial charge is 0.456 e. The summed E-state index contributed by atoms with van der Waals surface area (Å²) in [7, 11) is 0. The maximum atomic E-state index is 6.60. The van der Waals surface area contributed by atoms with Gasteiger partial charge in [0.25, 0.3) is 0 Å². The second-order valence-corrected chi connectivity index (χ2v) is 12.7. The summed E-state index contributed by atoms with van der Waals surface area (Å²) in [4.78, 5) is 15.6. The third-order valence-corrected chi connectivity index (χ3v) is 9.92. The number of hydrogen-bond acceptors (Lipinski definition) is 5. The number of fused-ring (bicyclic) bond motifs is 12. The van der Waals surface area contributed by atoms with Crippen molar-refractivity contribution in [2.45, 2.75) is 0 Å². The fourth-order valence-corrected chi connectivity index (χ4v) is 7.69. The van der Waals surface area contributed by atoms with Crippen LogP contribution in [0.4, 0.5) is 0 Å². The van der Waals surface area contributed by atoms with Crippen LogP contribution >= 0.6 is 0 Å². The first-order valence-corrected chi connectivity index (χ1v) is 16.7. The second-order valence-electron chi connectivity index (χ2n) is 12.7. The molecule has 0 aliphatic heterocycles. The summed E-state index contributed by atoms with van der Waals surface area (Å²) in [6.07, 6.45) is 0. The standard InChI is InChI=1S/C45H25N3O2/c1-2-12-27(13-3-1)43-46-44(34-17-10-20-38-40(34)32-15-6-8-18-36(32)49-38)48-45(47-43)35-25-39-42(33-16-7-9-19-37(33)50-39)41-30-22-21-26-11-4-5-14-28(26)29(30)23-24-31(35)41/h1-25H. The van der Waals surface area contributed by atoms with Gasteiger partial charge in [0, 0.05) is 43.6 Å². The number of furan rings is 2. The van der Waals surface area contributed by atoms with Crippen LogP contribution in [0.2, 0.25) is 0 Å². The lowest BCUT2D eigenvalue weighted by Crippen LogP contribution is -2.01. The Bertz CT molecular complexity index is 3160. The molecular weight excluding hydrogens is 615 g/mol. The minimum atomic E-state index is 0.575. The fraction of sp³-hybridized carbons (Fsp3) is 0. The van der Waals surface area contributed by atoms with Crippen molar-refractivity contribution in [2.24, 2.45) is 0 Å². The Labute approximate surface area is 285 Å². The molecule has 0 N–H and O–H groups in total. The summed E-state index contributed by atoms with van der Waals surface area (Å²) in [5.74, 6) is 1.75. The Kier molecular flexibility index (Phi) is 5.60. The van der Waals surface area contributed by atoms with E-state index in [-0.39, 0.29) is 0 Å². The molecule has 0 atom stereocenters. The van der Waals surface area contributed by atoms with E-state index >= 15 is 0 Å². The predicted octanol–water partition coefficient (Wildman–Crippen LogP) is 12.1. The SMILES string of the molecule is c1ccc(-c2nc(-c3cc4oc5ccccc5c4c4c3ccc3c5ccccc5ccc34)nc(-c3cccc4oc5ccccc5c34)n2)cc1.